The number of ether oxygens (including phenoxy) is 1. The van der Waals surface area contributed by atoms with Gasteiger partial charge in [-0.15, -0.1) is 0 Å². The van der Waals surface area contributed by atoms with Crippen LogP contribution in [0.5, 0.6) is 5.75 Å². The first-order valence-corrected chi connectivity index (χ1v) is 11.1. The van der Waals surface area contributed by atoms with Gasteiger partial charge >= 0.3 is 0 Å². The molecule has 0 aromatic heterocycles. The van der Waals surface area contributed by atoms with E-state index in [1.54, 1.807) is 7.11 Å². The SMILES string of the molecule is COc1ccc([C@H](Nc2ccccc2)[P@@](=O)(OC)c2ccc(N(C)C)cc2)cc1. The number of rotatable bonds is 8. The lowest BCUT2D eigenvalue weighted by molar-refractivity contribution is 0.396. The summed E-state index contributed by atoms with van der Waals surface area (Å²) >= 11 is 0. The van der Waals surface area contributed by atoms with E-state index in [2.05, 4.69) is 5.32 Å². The summed E-state index contributed by atoms with van der Waals surface area (Å²) < 4.78 is 25.2. The highest BCUT2D eigenvalue weighted by Crippen LogP contribution is 2.58. The predicted molar refractivity (Wildman–Crippen MR) is 121 cm³/mol. The molecule has 0 bridgehead atoms. The van der Waals surface area contributed by atoms with Gasteiger partial charge in [0.05, 0.1) is 7.11 Å². The number of nitrogens with one attached hydrogen (secondary N) is 1. The monoisotopic (exact) mass is 410 g/mol. The quantitative estimate of drug-likeness (QED) is 0.522. The van der Waals surface area contributed by atoms with Crippen LogP contribution in [-0.4, -0.2) is 28.3 Å². The molecular formula is C23H27N2O3P. The van der Waals surface area contributed by atoms with E-state index in [9.17, 15) is 4.57 Å². The highest BCUT2D eigenvalue weighted by Gasteiger charge is 2.37. The minimum absolute atomic E-state index is 0.550. The van der Waals surface area contributed by atoms with Crippen molar-refractivity contribution in [1.29, 1.82) is 0 Å². The lowest BCUT2D eigenvalue weighted by Gasteiger charge is -2.29. The number of hydrogen-bond donors (Lipinski definition) is 1. The molecule has 2 atom stereocenters. The van der Waals surface area contributed by atoms with Gasteiger partial charge in [0, 0.05) is 37.9 Å². The smallest absolute Gasteiger partial charge is 0.257 e. The molecule has 0 amide bonds. The molecule has 0 aliphatic carbocycles. The van der Waals surface area contributed by atoms with Crippen LogP contribution in [0, 0.1) is 0 Å². The molecule has 3 aromatic rings. The molecule has 0 aliphatic heterocycles. The maximum absolute atomic E-state index is 14.2. The topological polar surface area (TPSA) is 50.8 Å². The van der Waals surface area contributed by atoms with Gasteiger partial charge in [-0.3, -0.25) is 4.57 Å². The fourth-order valence-corrected chi connectivity index (χ4v) is 5.33. The number of hydrogen-bond acceptors (Lipinski definition) is 5. The van der Waals surface area contributed by atoms with Crippen molar-refractivity contribution >= 4 is 24.0 Å². The molecule has 3 aromatic carbocycles. The second-order valence-electron chi connectivity index (χ2n) is 6.88. The van der Waals surface area contributed by atoms with Crippen molar-refractivity contribution in [1.82, 2.24) is 0 Å². The summed E-state index contributed by atoms with van der Waals surface area (Å²) in [6.07, 6.45) is 0. The molecule has 1 N–H and O–H groups in total. The molecule has 0 heterocycles. The molecule has 29 heavy (non-hydrogen) atoms. The van der Waals surface area contributed by atoms with E-state index < -0.39 is 13.2 Å². The van der Waals surface area contributed by atoms with Crippen molar-refractivity contribution in [2.24, 2.45) is 0 Å². The fraction of sp³-hybridized carbons (Fsp3) is 0.217. The Hall–Kier alpha value is -2.75. The summed E-state index contributed by atoms with van der Waals surface area (Å²) in [6.45, 7) is 0. The van der Waals surface area contributed by atoms with Crippen LogP contribution in [0.2, 0.25) is 0 Å². The third-order valence-corrected chi connectivity index (χ3v) is 7.51. The molecule has 0 saturated carbocycles. The number of nitrogens with zero attached hydrogens (tertiary/aromatic N) is 1. The standard InChI is InChI=1S/C23H27N2O3P/c1-25(2)20-12-16-22(17-13-20)29(26,28-4)23(24-19-8-6-5-7-9-19)18-10-14-21(27-3)15-11-18/h5-17,23-24H,1-4H3/t23-,29+/m1/s1. The van der Waals surface area contributed by atoms with Gasteiger partial charge in [0.2, 0.25) is 0 Å². The van der Waals surface area contributed by atoms with Gasteiger partial charge in [0.1, 0.15) is 11.5 Å². The van der Waals surface area contributed by atoms with Crippen LogP contribution >= 0.6 is 7.37 Å². The number of benzene rings is 3. The van der Waals surface area contributed by atoms with E-state index >= 15 is 0 Å². The van der Waals surface area contributed by atoms with Crippen LogP contribution in [0.15, 0.2) is 78.9 Å². The Labute approximate surface area is 172 Å². The summed E-state index contributed by atoms with van der Waals surface area (Å²) in [5.74, 6) is 0.195. The van der Waals surface area contributed by atoms with E-state index in [0.717, 1.165) is 22.7 Å². The number of para-hydroxylation sites is 1. The molecule has 0 radical (unpaired) electrons. The van der Waals surface area contributed by atoms with Gasteiger partial charge in [0.25, 0.3) is 7.37 Å². The van der Waals surface area contributed by atoms with Gasteiger partial charge in [-0.2, -0.15) is 0 Å². The van der Waals surface area contributed by atoms with Gasteiger partial charge < -0.3 is 19.5 Å². The second-order valence-corrected chi connectivity index (χ2v) is 9.47. The van der Waals surface area contributed by atoms with Gasteiger partial charge in [-0.05, 0) is 54.1 Å². The van der Waals surface area contributed by atoms with Crippen molar-refractivity contribution in [3.05, 3.63) is 84.4 Å². The Morgan fingerprint density at radius 1 is 0.862 bits per heavy atom. The second kappa shape index (κ2) is 9.17. The normalized spacial score (nSPS) is 13.9. The minimum atomic E-state index is -3.29. The van der Waals surface area contributed by atoms with Crippen molar-refractivity contribution in [2.75, 3.05) is 38.5 Å². The van der Waals surface area contributed by atoms with Crippen LogP contribution in [-0.2, 0) is 9.09 Å². The van der Waals surface area contributed by atoms with E-state index in [1.165, 1.54) is 7.11 Å². The zero-order valence-corrected chi connectivity index (χ0v) is 18.1. The van der Waals surface area contributed by atoms with Crippen molar-refractivity contribution in [3.8, 4) is 5.75 Å². The van der Waals surface area contributed by atoms with Crippen LogP contribution in [0.1, 0.15) is 11.3 Å². The lowest BCUT2D eigenvalue weighted by Crippen LogP contribution is -2.20. The first kappa shape index (κ1) is 21.0. The molecule has 0 saturated heterocycles. The highest BCUT2D eigenvalue weighted by molar-refractivity contribution is 7.67. The van der Waals surface area contributed by atoms with Crippen molar-refractivity contribution in [3.63, 3.8) is 0 Å². The molecule has 3 rings (SSSR count). The van der Waals surface area contributed by atoms with Crippen molar-refractivity contribution < 1.29 is 13.8 Å². The average molecular weight is 410 g/mol. The molecule has 0 unspecified atom stereocenters. The summed E-state index contributed by atoms with van der Waals surface area (Å²) in [5.41, 5.74) is 2.76. The first-order valence-electron chi connectivity index (χ1n) is 9.37. The third kappa shape index (κ3) is 4.64. The van der Waals surface area contributed by atoms with Gasteiger partial charge in [0.15, 0.2) is 0 Å². The Bertz CT molecular complexity index is 958. The summed E-state index contributed by atoms with van der Waals surface area (Å²) in [4.78, 5) is 2.00. The number of methoxy groups -OCH3 is 1. The zero-order valence-electron chi connectivity index (χ0n) is 17.2. The van der Waals surface area contributed by atoms with Crippen molar-refractivity contribution in [2.45, 2.75) is 5.78 Å². The molecule has 5 nitrogen and oxygen atoms in total. The molecular weight excluding hydrogens is 383 g/mol. The summed E-state index contributed by atoms with van der Waals surface area (Å²) in [5, 5.41) is 4.08. The van der Waals surface area contributed by atoms with E-state index in [0.29, 0.717) is 5.30 Å². The first-order chi connectivity index (χ1) is 14.0. The maximum Gasteiger partial charge on any atom is 0.257 e. The lowest BCUT2D eigenvalue weighted by atomic mass is 10.2. The average Bonchev–Trinajstić information content (AvgIpc) is 2.78. The Balaban J connectivity index is 2.06. The van der Waals surface area contributed by atoms with Crippen LogP contribution in [0.3, 0.4) is 0 Å². The molecule has 0 aliphatic rings. The molecule has 0 fully saturated rings. The summed E-state index contributed by atoms with van der Waals surface area (Å²) in [6, 6.07) is 25.0. The Kier molecular flexibility index (Phi) is 6.63. The molecule has 152 valence electrons. The Morgan fingerprint density at radius 3 is 2.00 bits per heavy atom. The van der Waals surface area contributed by atoms with Crippen LogP contribution < -0.4 is 20.3 Å². The summed E-state index contributed by atoms with van der Waals surface area (Å²) in [7, 11) is 3.78. The third-order valence-electron chi connectivity index (χ3n) is 4.85. The van der Waals surface area contributed by atoms with E-state index in [1.807, 2.05) is 97.9 Å². The van der Waals surface area contributed by atoms with Gasteiger partial charge in [-0.1, -0.05) is 30.3 Å². The molecule has 0 spiro atoms. The van der Waals surface area contributed by atoms with Gasteiger partial charge in [-0.25, -0.2) is 0 Å². The minimum Gasteiger partial charge on any atom is -0.497 e. The largest absolute Gasteiger partial charge is 0.497 e. The predicted octanol–water partition coefficient (Wildman–Crippen LogP) is 5.12. The zero-order chi connectivity index (χ0) is 20.9. The fourth-order valence-electron chi connectivity index (χ4n) is 3.16. The maximum atomic E-state index is 14.2. The number of anilines is 2. The molecule has 6 heteroatoms. The van der Waals surface area contributed by atoms with E-state index in [-0.39, 0.29) is 0 Å². The van der Waals surface area contributed by atoms with E-state index in [4.69, 9.17) is 9.26 Å². The Morgan fingerprint density at radius 2 is 1.48 bits per heavy atom. The van der Waals surface area contributed by atoms with Crippen LogP contribution in [0.4, 0.5) is 11.4 Å². The highest BCUT2D eigenvalue weighted by atomic mass is 31.2. The van der Waals surface area contributed by atoms with Crippen LogP contribution in [0.25, 0.3) is 0 Å².